The predicted octanol–water partition coefficient (Wildman–Crippen LogP) is 6.11. The molecule has 0 bridgehead atoms. The molecule has 2 fully saturated rings. The average molecular weight is 544 g/mol. The number of allylic oxidation sites excluding steroid dienone is 8. The summed E-state index contributed by atoms with van der Waals surface area (Å²) in [6, 6.07) is 0. The van der Waals surface area contributed by atoms with Gasteiger partial charge in [-0.1, -0.05) is 39.0 Å². The Morgan fingerprint density at radius 1 is 0.613 bits per heavy atom. The molecule has 7 heteroatoms. The summed E-state index contributed by atoms with van der Waals surface area (Å²) < 4.78 is 5.49. The van der Waals surface area contributed by atoms with Gasteiger partial charge in [-0.3, -0.25) is 21.6 Å². The van der Waals surface area contributed by atoms with Gasteiger partial charge in [0.15, 0.2) is 0 Å². The maximum Gasteiger partial charge on any atom is 2.00 e. The van der Waals surface area contributed by atoms with Crippen LogP contribution in [-0.2, 0) is 26.2 Å². The molecule has 0 radical (unpaired) electrons. The van der Waals surface area contributed by atoms with Gasteiger partial charge in [-0.25, -0.2) is 22.5 Å². The summed E-state index contributed by atoms with van der Waals surface area (Å²) in [5.74, 6) is 0. The van der Waals surface area contributed by atoms with E-state index in [1.807, 2.05) is 0 Å². The van der Waals surface area contributed by atoms with Crippen LogP contribution in [0.4, 0.5) is 9.41 Å². The van der Waals surface area contributed by atoms with Gasteiger partial charge in [0.1, 0.15) is 16.5 Å². The second-order valence-electron chi connectivity index (χ2n) is 9.61. The van der Waals surface area contributed by atoms with E-state index >= 15 is 0 Å². The van der Waals surface area contributed by atoms with Gasteiger partial charge < -0.3 is 9.13 Å². The molecule has 2 aliphatic heterocycles. The van der Waals surface area contributed by atoms with E-state index in [4.69, 9.17) is 0 Å². The fourth-order valence-corrected chi connectivity index (χ4v) is 10.6. The molecule has 2 aliphatic carbocycles. The van der Waals surface area contributed by atoms with Crippen LogP contribution < -0.4 is 0 Å². The summed E-state index contributed by atoms with van der Waals surface area (Å²) in [6.45, 7) is 15.1. The van der Waals surface area contributed by atoms with Gasteiger partial charge >= 0.3 is 26.2 Å². The van der Waals surface area contributed by atoms with Crippen molar-refractivity contribution >= 4 is 16.5 Å². The van der Waals surface area contributed by atoms with Crippen LogP contribution in [0.1, 0.15) is 51.4 Å². The Morgan fingerprint density at radius 2 is 0.935 bits per heavy atom. The molecule has 0 saturated carbocycles. The molecule has 174 valence electrons. The van der Waals surface area contributed by atoms with Crippen molar-refractivity contribution in [2.45, 2.75) is 77.6 Å². The number of rotatable bonds is 4. The van der Waals surface area contributed by atoms with Crippen molar-refractivity contribution in [3.05, 3.63) is 46.8 Å². The van der Waals surface area contributed by atoms with Crippen LogP contribution in [0, 0.1) is 12.2 Å². The molecule has 4 aliphatic rings. The summed E-state index contributed by atoms with van der Waals surface area (Å²) in [7, 11) is -2.63. The van der Waals surface area contributed by atoms with E-state index < -0.39 is 16.5 Å². The van der Waals surface area contributed by atoms with Crippen molar-refractivity contribution in [2.24, 2.45) is 0 Å². The van der Waals surface area contributed by atoms with Gasteiger partial charge in [0, 0.05) is 0 Å². The van der Waals surface area contributed by atoms with Crippen molar-refractivity contribution in [2.75, 3.05) is 26.2 Å². The van der Waals surface area contributed by atoms with Crippen LogP contribution in [0.5, 0.6) is 0 Å². The van der Waals surface area contributed by atoms with Crippen molar-refractivity contribution in [3.63, 3.8) is 0 Å². The van der Waals surface area contributed by atoms with Crippen molar-refractivity contribution < 1.29 is 35.6 Å². The van der Waals surface area contributed by atoms with E-state index in [2.05, 4.69) is 71.8 Å². The Balaban J connectivity index is 0.000000529. The van der Waals surface area contributed by atoms with Crippen LogP contribution >= 0.6 is 0 Å². The molecular weight excluding hydrogens is 502 g/mol. The zero-order chi connectivity index (χ0) is 20.0. The average Bonchev–Trinajstić information content (AvgIpc) is 3.44. The molecule has 0 spiro atoms. The molecule has 2 heterocycles. The Morgan fingerprint density at radius 3 is 1.19 bits per heavy atom. The Hall–Kier alpha value is 0.0569. The van der Waals surface area contributed by atoms with E-state index in [1.165, 1.54) is 75.1 Å². The van der Waals surface area contributed by atoms with Crippen molar-refractivity contribution in [1.82, 2.24) is 9.13 Å². The Kier molecular flexibility index (Phi) is 14.4. The molecule has 31 heavy (non-hydrogen) atoms. The number of hydrogen-bond acceptors (Lipinski definition) is 2. The van der Waals surface area contributed by atoms with Crippen LogP contribution in [0.2, 0.25) is 26.2 Å². The van der Waals surface area contributed by atoms with Gasteiger partial charge in [0.05, 0.1) is 0 Å². The first-order chi connectivity index (χ1) is 13.4. The topological polar surface area (TPSA) is 6.48 Å². The summed E-state index contributed by atoms with van der Waals surface area (Å²) >= 11 is 0. The third kappa shape index (κ3) is 8.10. The maximum absolute atomic E-state index is 3.52. The molecule has 0 aromatic carbocycles. The van der Waals surface area contributed by atoms with Crippen molar-refractivity contribution in [1.29, 1.82) is 0 Å². The minimum absolute atomic E-state index is 0. The van der Waals surface area contributed by atoms with E-state index in [1.54, 1.807) is 0 Å². The largest absolute Gasteiger partial charge is 2.00 e. The Labute approximate surface area is 211 Å². The molecule has 0 aromatic rings. The Bertz CT molecular complexity index is 592. The quantitative estimate of drug-likeness (QED) is 0.312. The third-order valence-corrected chi connectivity index (χ3v) is 14.4. The fourth-order valence-electron chi connectivity index (χ4n) is 4.90. The van der Waals surface area contributed by atoms with Gasteiger partial charge in [-0.15, -0.1) is 12.8 Å². The summed E-state index contributed by atoms with van der Waals surface area (Å²) in [5.41, 5.74) is 0. The number of nitrogens with zero attached hydrogens (tertiary/aromatic N) is 2. The third-order valence-electron chi connectivity index (χ3n) is 7.00. The zero-order valence-corrected chi connectivity index (χ0v) is 24.5. The number of halogens is 2. The molecule has 2 nitrogen and oxygen atoms in total. The maximum atomic E-state index is 3.52. The van der Waals surface area contributed by atoms with E-state index in [9.17, 15) is 0 Å². The summed E-state index contributed by atoms with van der Waals surface area (Å²) in [5, 5.41) is 3.05. The first kappa shape index (κ1) is 31.1. The standard InChI is InChI=1S/2C12H20NSi.2FH.Zr/c2*1-14(2,12-8-4-5-9-12)13-10-6-3-7-11-13;;;/h2*4,8H,3,5-7,10-11H2,1-2H3;2*1H;/q2*-1;;;+2. The van der Waals surface area contributed by atoms with Gasteiger partial charge in [-0.05, 0) is 51.9 Å². The molecule has 0 N–H and O–H groups in total. The van der Waals surface area contributed by atoms with E-state index in [-0.39, 0.29) is 35.6 Å². The molecular formula is C24H42F2N2Si2Zr. The van der Waals surface area contributed by atoms with E-state index in [0.29, 0.717) is 0 Å². The molecule has 0 atom stereocenters. The summed E-state index contributed by atoms with van der Waals surface area (Å²) in [4.78, 5) is 0. The van der Waals surface area contributed by atoms with Crippen LogP contribution in [0.15, 0.2) is 34.7 Å². The summed E-state index contributed by atoms with van der Waals surface area (Å²) in [6.07, 6.45) is 26.7. The second-order valence-corrected chi connectivity index (χ2v) is 18.2. The molecule has 4 rings (SSSR count). The van der Waals surface area contributed by atoms with Gasteiger partial charge in [0.25, 0.3) is 0 Å². The molecule has 0 unspecified atom stereocenters. The van der Waals surface area contributed by atoms with Crippen LogP contribution in [0.25, 0.3) is 0 Å². The van der Waals surface area contributed by atoms with Crippen LogP contribution in [0.3, 0.4) is 0 Å². The molecule has 0 aromatic heterocycles. The number of piperidine rings is 2. The first-order valence-electron chi connectivity index (χ1n) is 11.5. The van der Waals surface area contributed by atoms with E-state index in [0.717, 1.165) is 12.8 Å². The normalized spacial score (nSPS) is 21.7. The number of hydrogen-bond donors (Lipinski definition) is 0. The van der Waals surface area contributed by atoms with Gasteiger partial charge in [-0.2, -0.15) is 12.2 Å². The van der Waals surface area contributed by atoms with Crippen molar-refractivity contribution in [3.8, 4) is 0 Å². The minimum Gasteiger partial charge on any atom is -0.322 e. The molecule has 0 amide bonds. The smallest absolute Gasteiger partial charge is 0.322 e. The minimum atomic E-state index is -1.32. The van der Waals surface area contributed by atoms with Crippen LogP contribution in [-0.4, -0.2) is 51.8 Å². The monoisotopic (exact) mass is 542 g/mol. The van der Waals surface area contributed by atoms with Gasteiger partial charge in [0.2, 0.25) is 0 Å². The fraction of sp³-hybridized carbons (Fsp3) is 0.667. The molecule has 2 saturated heterocycles. The predicted molar refractivity (Wildman–Crippen MR) is 132 cm³/mol. The SMILES string of the molecule is C[Si](C)(C1=[C-]CC=C1)N1CCCCC1.C[Si](C)(C1=[C-]CC=C1)N1CCCCC1.F.F.[Zr+2]. The first-order valence-corrected chi connectivity index (χ1v) is 17.4. The second kappa shape index (κ2) is 14.3. The zero-order valence-electron chi connectivity index (χ0n) is 20.0.